The van der Waals surface area contributed by atoms with Crippen LogP contribution in [-0.2, 0) is 0 Å². The number of hydrogen-bond donors (Lipinski definition) is 2. The number of carbonyl (C=O) groups excluding carboxylic acids is 1. The summed E-state index contributed by atoms with van der Waals surface area (Å²) in [5.41, 5.74) is 3.49. The molecule has 2 aromatic heterocycles. The van der Waals surface area contributed by atoms with Gasteiger partial charge in [-0.25, -0.2) is 9.50 Å². The molecule has 1 aromatic carbocycles. The van der Waals surface area contributed by atoms with Crippen molar-refractivity contribution in [2.75, 3.05) is 18.0 Å². The molecule has 0 unspecified atom stereocenters. The van der Waals surface area contributed by atoms with Crippen LogP contribution in [0.25, 0.3) is 5.65 Å². The zero-order valence-corrected chi connectivity index (χ0v) is 15.5. The summed E-state index contributed by atoms with van der Waals surface area (Å²) in [6, 6.07) is 10.3. The van der Waals surface area contributed by atoms with Gasteiger partial charge in [0.1, 0.15) is 5.56 Å². The van der Waals surface area contributed by atoms with Crippen LogP contribution in [0.15, 0.2) is 41.3 Å². The highest BCUT2D eigenvalue weighted by molar-refractivity contribution is 5.93. The maximum atomic E-state index is 12.6. The molecule has 4 rings (SSSR count). The maximum absolute atomic E-state index is 12.6. The van der Waals surface area contributed by atoms with Crippen LogP contribution in [0, 0.1) is 13.8 Å². The Morgan fingerprint density at radius 2 is 2.00 bits per heavy atom. The monoisotopic (exact) mass is 365 g/mol. The minimum Gasteiger partial charge on any atom is -0.371 e. The third-order valence-corrected chi connectivity index (χ3v) is 5.06. The summed E-state index contributed by atoms with van der Waals surface area (Å²) in [5, 5.41) is 5.91. The van der Waals surface area contributed by atoms with E-state index >= 15 is 0 Å². The molecule has 1 aliphatic heterocycles. The van der Waals surface area contributed by atoms with E-state index in [1.54, 1.807) is 6.07 Å². The molecular weight excluding hydrogens is 342 g/mol. The SMILES string of the molecule is Cc1cccc(N2CCC(NC(=O)c3cnc4cc(C)[nH]n4c3=O)CC2)c1. The first kappa shape index (κ1) is 17.3. The largest absolute Gasteiger partial charge is 0.371 e. The third kappa shape index (κ3) is 3.45. The van der Waals surface area contributed by atoms with Crippen molar-refractivity contribution in [3.05, 3.63) is 63.7 Å². The van der Waals surface area contributed by atoms with E-state index < -0.39 is 0 Å². The van der Waals surface area contributed by atoms with E-state index in [0.717, 1.165) is 31.6 Å². The van der Waals surface area contributed by atoms with Crippen LogP contribution in [0.5, 0.6) is 0 Å². The Morgan fingerprint density at radius 3 is 2.74 bits per heavy atom. The topological polar surface area (TPSA) is 82.5 Å². The van der Waals surface area contributed by atoms with Crippen molar-refractivity contribution in [2.24, 2.45) is 0 Å². The van der Waals surface area contributed by atoms with E-state index in [1.165, 1.54) is 22.0 Å². The molecule has 7 heteroatoms. The number of benzene rings is 1. The fraction of sp³-hybridized carbons (Fsp3) is 0.350. The Labute approximate surface area is 157 Å². The van der Waals surface area contributed by atoms with Gasteiger partial charge in [-0.3, -0.25) is 14.7 Å². The van der Waals surface area contributed by atoms with Crippen molar-refractivity contribution in [3.8, 4) is 0 Å². The quantitative estimate of drug-likeness (QED) is 0.744. The molecule has 140 valence electrons. The minimum atomic E-state index is -0.372. The number of aromatic nitrogens is 3. The summed E-state index contributed by atoms with van der Waals surface area (Å²) >= 11 is 0. The molecule has 1 aliphatic rings. The summed E-state index contributed by atoms with van der Waals surface area (Å²) in [7, 11) is 0. The predicted octanol–water partition coefficient (Wildman–Crippen LogP) is 2.04. The molecule has 1 saturated heterocycles. The van der Waals surface area contributed by atoms with Crippen LogP contribution in [0.3, 0.4) is 0 Å². The van der Waals surface area contributed by atoms with Crippen molar-refractivity contribution < 1.29 is 4.79 Å². The summed E-state index contributed by atoms with van der Waals surface area (Å²) in [6.45, 7) is 5.68. The van der Waals surface area contributed by atoms with Crippen LogP contribution >= 0.6 is 0 Å². The van der Waals surface area contributed by atoms with Gasteiger partial charge in [-0.1, -0.05) is 12.1 Å². The van der Waals surface area contributed by atoms with Gasteiger partial charge in [0.15, 0.2) is 5.65 Å². The van der Waals surface area contributed by atoms with Gasteiger partial charge in [0.05, 0.1) is 0 Å². The lowest BCUT2D eigenvalue weighted by atomic mass is 10.0. The Bertz CT molecular complexity index is 1040. The average Bonchev–Trinajstić information content (AvgIpc) is 3.04. The van der Waals surface area contributed by atoms with E-state index in [2.05, 4.69) is 51.5 Å². The molecule has 0 saturated carbocycles. The number of nitrogens with zero attached hydrogens (tertiary/aromatic N) is 3. The van der Waals surface area contributed by atoms with Gasteiger partial charge in [-0.05, 0) is 44.4 Å². The Morgan fingerprint density at radius 1 is 1.22 bits per heavy atom. The molecule has 0 spiro atoms. The molecule has 3 aromatic rings. The number of H-pyrrole nitrogens is 1. The lowest BCUT2D eigenvalue weighted by Crippen LogP contribution is -2.46. The smallest absolute Gasteiger partial charge is 0.285 e. The lowest BCUT2D eigenvalue weighted by molar-refractivity contribution is 0.0929. The fourth-order valence-electron chi connectivity index (χ4n) is 3.61. The molecule has 1 amide bonds. The molecular formula is C20H23N5O2. The number of aromatic amines is 1. The van der Waals surface area contributed by atoms with E-state index in [9.17, 15) is 9.59 Å². The summed E-state index contributed by atoms with van der Waals surface area (Å²) in [5.74, 6) is -0.358. The number of rotatable bonds is 3. The minimum absolute atomic E-state index is 0.0593. The Hall–Kier alpha value is -3.09. The zero-order valence-electron chi connectivity index (χ0n) is 15.5. The van der Waals surface area contributed by atoms with Crippen LogP contribution in [0.4, 0.5) is 5.69 Å². The van der Waals surface area contributed by atoms with Crippen molar-refractivity contribution in [1.82, 2.24) is 19.9 Å². The highest BCUT2D eigenvalue weighted by Crippen LogP contribution is 2.21. The Kier molecular flexibility index (Phi) is 4.43. The second-order valence-corrected chi connectivity index (χ2v) is 7.18. The summed E-state index contributed by atoms with van der Waals surface area (Å²) in [4.78, 5) is 31.6. The molecule has 1 fully saturated rings. The van der Waals surface area contributed by atoms with Crippen molar-refractivity contribution in [1.29, 1.82) is 0 Å². The molecule has 0 radical (unpaired) electrons. The molecule has 3 heterocycles. The van der Waals surface area contributed by atoms with Gasteiger partial charge >= 0.3 is 0 Å². The van der Waals surface area contributed by atoms with Crippen molar-refractivity contribution in [3.63, 3.8) is 0 Å². The first-order valence-electron chi connectivity index (χ1n) is 9.21. The van der Waals surface area contributed by atoms with Crippen molar-refractivity contribution >= 4 is 17.2 Å². The first-order chi connectivity index (χ1) is 13.0. The van der Waals surface area contributed by atoms with Crippen LogP contribution in [0.2, 0.25) is 0 Å². The molecule has 0 bridgehead atoms. The Balaban J connectivity index is 1.42. The van der Waals surface area contributed by atoms with Crippen molar-refractivity contribution in [2.45, 2.75) is 32.7 Å². The summed E-state index contributed by atoms with van der Waals surface area (Å²) < 4.78 is 1.31. The fourth-order valence-corrected chi connectivity index (χ4v) is 3.61. The number of carbonyl (C=O) groups is 1. The van der Waals surface area contributed by atoms with Gasteiger partial charge in [-0.15, -0.1) is 0 Å². The molecule has 7 nitrogen and oxygen atoms in total. The van der Waals surface area contributed by atoms with Crippen LogP contribution in [-0.4, -0.2) is 39.6 Å². The van der Waals surface area contributed by atoms with Gasteiger partial charge in [-0.2, -0.15) is 0 Å². The van der Waals surface area contributed by atoms with Crippen LogP contribution < -0.4 is 15.8 Å². The number of nitrogens with one attached hydrogen (secondary N) is 2. The standard InChI is InChI=1S/C20H23N5O2/c1-13-4-3-5-16(10-13)24-8-6-15(7-9-24)22-19(26)17-12-21-18-11-14(2)23-25(18)20(17)27/h3-5,10-12,15,23H,6-9H2,1-2H3,(H,22,26). The van der Waals surface area contributed by atoms with Gasteiger partial charge in [0, 0.05) is 42.8 Å². The zero-order chi connectivity index (χ0) is 19.0. The normalized spacial score (nSPS) is 15.3. The number of fused-ring (bicyclic) bond motifs is 1. The van der Waals surface area contributed by atoms with E-state index in [0.29, 0.717) is 5.65 Å². The van der Waals surface area contributed by atoms with E-state index in [4.69, 9.17) is 0 Å². The second-order valence-electron chi connectivity index (χ2n) is 7.18. The number of aryl methyl sites for hydroxylation is 2. The number of hydrogen-bond acceptors (Lipinski definition) is 4. The predicted molar refractivity (Wildman–Crippen MR) is 104 cm³/mol. The number of amides is 1. The number of anilines is 1. The maximum Gasteiger partial charge on any atom is 0.285 e. The second kappa shape index (κ2) is 6.90. The first-order valence-corrected chi connectivity index (χ1v) is 9.21. The third-order valence-electron chi connectivity index (χ3n) is 5.06. The van der Waals surface area contributed by atoms with E-state index in [1.807, 2.05) is 6.92 Å². The highest BCUT2D eigenvalue weighted by Gasteiger charge is 2.23. The van der Waals surface area contributed by atoms with Gasteiger partial charge in [0.2, 0.25) is 0 Å². The summed E-state index contributed by atoms with van der Waals surface area (Å²) in [6.07, 6.45) is 3.05. The number of piperidine rings is 1. The van der Waals surface area contributed by atoms with Crippen LogP contribution in [0.1, 0.15) is 34.5 Å². The molecule has 0 atom stereocenters. The molecule has 2 N–H and O–H groups in total. The van der Waals surface area contributed by atoms with Gasteiger partial charge in [0.25, 0.3) is 11.5 Å². The average molecular weight is 365 g/mol. The van der Waals surface area contributed by atoms with E-state index in [-0.39, 0.29) is 23.1 Å². The molecule has 27 heavy (non-hydrogen) atoms. The highest BCUT2D eigenvalue weighted by atomic mass is 16.2. The molecule has 0 aliphatic carbocycles. The lowest BCUT2D eigenvalue weighted by Gasteiger charge is -2.34. The van der Waals surface area contributed by atoms with Gasteiger partial charge < -0.3 is 10.2 Å².